The zero-order valence-electron chi connectivity index (χ0n) is 7.79. The van der Waals surface area contributed by atoms with E-state index in [1.54, 1.807) is 6.07 Å². The fraction of sp³-hybridized carbons (Fsp3) is 0.200. The van der Waals surface area contributed by atoms with Crippen LogP contribution in [0.2, 0.25) is 0 Å². The summed E-state index contributed by atoms with van der Waals surface area (Å²) in [5, 5.41) is 18.2. The Bertz CT molecular complexity index is 382. The van der Waals surface area contributed by atoms with Crippen LogP contribution in [0.25, 0.3) is 0 Å². The number of benzene rings is 1. The van der Waals surface area contributed by atoms with Crippen molar-refractivity contribution in [1.29, 1.82) is 0 Å². The van der Waals surface area contributed by atoms with E-state index >= 15 is 0 Å². The van der Waals surface area contributed by atoms with E-state index in [-0.39, 0.29) is 0 Å². The van der Waals surface area contributed by atoms with E-state index in [0.717, 1.165) is 14.7 Å². The van der Waals surface area contributed by atoms with Crippen LogP contribution in [0.1, 0.15) is 11.1 Å². The molecule has 2 N–H and O–H groups in total. The van der Waals surface area contributed by atoms with E-state index in [2.05, 4.69) is 28.5 Å². The monoisotopic (exact) mass is 300 g/mol. The highest BCUT2D eigenvalue weighted by molar-refractivity contribution is 14.1. The molecule has 0 aromatic heterocycles. The second kappa shape index (κ2) is 4.83. The first-order valence-electron chi connectivity index (χ1n) is 4.14. The van der Waals surface area contributed by atoms with Crippen LogP contribution in [-0.2, 0) is 6.42 Å². The molecule has 1 aromatic rings. The maximum Gasteiger partial charge on any atom is 0.488 e. The van der Waals surface area contributed by atoms with E-state index in [4.69, 9.17) is 16.5 Å². The van der Waals surface area contributed by atoms with Gasteiger partial charge in [-0.3, -0.25) is 0 Å². The van der Waals surface area contributed by atoms with Crippen molar-refractivity contribution in [1.82, 2.24) is 0 Å². The topological polar surface area (TPSA) is 40.5 Å². The molecule has 0 aliphatic rings. The molecule has 72 valence electrons. The van der Waals surface area contributed by atoms with Crippen molar-refractivity contribution in [2.24, 2.45) is 0 Å². The minimum atomic E-state index is -1.43. The third-order valence-electron chi connectivity index (χ3n) is 2.09. The van der Waals surface area contributed by atoms with Gasteiger partial charge in [-0.1, -0.05) is 0 Å². The van der Waals surface area contributed by atoms with Crippen molar-refractivity contribution >= 4 is 35.2 Å². The Morgan fingerprint density at radius 3 is 2.64 bits per heavy atom. The smallest absolute Gasteiger partial charge is 0.423 e. The molecule has 0 bridgehead atoms. The molecule has 4 heteroatoms. The molecule has 0 unspecified atom stereocenters. The van der Waals surface area contributed by atoms with Gasteiger partial charge in [0.1, 0.15) is 0 Å². The van der Waals surface area contributed by atoms with Crippen molar-refractivity contribution in [3.63, 3.8) is 0 Å². The summed E-state index contributed by atoms with van der Waals surface area (Å²) in [6, 6.07) is 3.71. The van der Waals surface area contributed by atoms with Gasteiger partial charge in [-0.05, 0) is 58.2 Å². The first-order valence-corrected chi connectivity index (χ1v) is 5.22. The van der Waals surface area contributed by atoms with Crippen molar-refractivity contribution in [3.05, 3.63) is 26.8 Å². The van der Waals surface area contributed by atoms with E-state index in [0.29, 0.717) is 11.9 Å². The summed E-state index contributed by atoms with van der Waals surface area (Å²) in [6.45, 7) is 1.84. The SMILES string of the molecule is C#CCc1cc(I)cc(B(O)O)c1C. The minimum Gasteiger partial charge on any atom is -0.423 e. The van der Waals surface area contributed by atoms with Gasteiger partial charge in [0.2, 0.25) is 0 Å². The summed E-state index contributed by atoms with van der Waals surface area (Å²) in [7, 11) is -1.43. The predicted octanol–water partition coefficient (Wildman–Crippen LogP) is 0.455. The van der Waals surface area contributed by atoms with Crippen LogP contribution in [0.4, 0.5) is 0 Å². The lowest BCUT2D eigenvalue weighted by molar-refractivity contribution is 0.425. The molecule has 2 nitrogen and oxygen atoms in total. The quantitative estimate of drug-likeness (QED) is 0.473. The fourth-order valence-electron chi connectivity index (χ4n) is 1.32. The van der Waals surface area contributed by atoms with Gasteiger partial charge in [0.05, 0.1) is 0 Å². The Morgan fingerprint density at radius 1 is 1.50 bits per heavy atom. The van der Waals surface area contributed by atoms with Crippen LogP contribution in [0.3, 0.4) is 0 Å². The van der Waals surface area contributed by atoms with Crippen LogP contribution >= 0.6 is 22.6 Å². The predicted molar refractivity (Wildman–Crippen MR) is 66.3 cm³/mol. The van der Waals surface area contributed by atoms with Crippen LogP contribution in [0.5, 0.6) is 0 Å². The molecule has 0 spiro atoms. The second-order valence-electron chi connectivity index (χ2n) is 3.03. The molecule has 0 aliphatic heterocycles. The zero-order valence-corrected chi connectivity index (χ0v) is 9.95. The maximum absolute atomic E-state index is 9.12. The Balaban J connectivity index is 3.26. The fourth-order valence-corrected chi connectivity index (χ4v) is 2.03. The summed E-state index contributed by atoms with van der Waals surface area (Å²) in [4.78, 5) is 0. The number of halogens is 1. The lowest BCUT2D eigenvalue weighted by Crippen LogP contribution is -2.33. The highest BCUT2D eigenvalue weighted by atomic mass is 127. The summed E-state index contributed by atoms with van der Waals surface area (Å²) in [5.74, 6) is 2.55. The van der Waals surface area contributed by atoms with Gasteiger partial charge >= 0.3 is 7.12 Å². The van der Waals surface area contributed by atoms with Gasteiger partial charge in [-0.25, -0.2) is 0 Å². The average Bonchev–Trinajstić information content (AvgIpc) is 2.10. The maximum atomic E-state index is 9.12. The van der Waals surface area contributed by atoms with Gasteiger partial charge in [0.25, 0.3) is 0 Å². The van der Waals surface area contributed by atoms with Gasteiger partial charge in [0.15, 0.2) is 0 Å². The molecular formula is C10H10BIO2. The van der Waals surface area contributed by atoms with Crippen LogP contribution in [0.15, 0.2) is 12.1 Å². The molecule has 0 aliphatic carbocycles. The lowest BCUT2D eigenvalue weighted by atomic mass is 9.76. The Hall–Kier alpha value is -0.505. The van der Waals surface area contributed by atoms with Crippen LogP contribution in [0, 0.1) is 22.8 Å². The molecule has 0 fully saturated rings. The van der Waals surface area contributed by atoms with Crippen LogP contribution in [-0.4, -0.2) is 17.2 Å². The molecule has 0 heterocycles. The van der Waals surface area contributed by atoms with Gasteiger partial charge in [-0.2, -0.15) is 0 Å². The van der Waals surface area contributed by atoms with E-state index < -0.39 is 7.12 Å². The average molecular weight is 300 g/mol. The zero-order chi connectivity index (χ0) is 10.7. The normalized spacial score (nSPS) is 9.64. The van der Waals surface area contributed by atoms with E-state index in [9.17, 15) is 0 Å². The molecule has 1 aromatic carbocycles. The molecular weight excluding hydrogens is 290 g/mol. The number of rotatable bonds is 2. The van der Waals surface area contributed by atoms with Crippen molar-refractivity contribution < 1.29 is 10.0 Å². The first-order chi connectivity index (χ1) is 6.56. The highest BCUT2D eigenvalue weighted by Crippen LogP contribution is 2.12. The Labute approximate surface area is 97.6 Å². The second-order valence-corrected chi connectivity index (χ2v) is 4.28. The minimum absolute atomic E-state index is 0.516. The molecule has 0 saturated carbocycles. The van der Waals surface area contributed by atoms with Crippen molar-refractivity contribution in [2.75, 3.05) is 0 Å². The van der Waals surface area contributed by atoms with Gasteiger partial charge < -0.3 is 10.0 Å². The Kier molecular flexibility index (Phi) is 3.99. The Morgan fingerprint density at radius 2 is 2.14 bits per heavy atom. The van der Waals surface area contributed by atoms with Gasteiger partial charge in [0, 0.05) is 9.99 Å². The van der Waals surface area contributed by atoms with Crippen molar-refractivity contribution in [3.8, 4) is 12.3 Å². The van der Waals surface area contributed by atoms with Crippen LogP contribution < -0.4 is 5.46 Å². The third-order valence-corrected chi connectivity index (χ3v) is 2.71. The molecule has 0 radical (unpaired) electrons. The summed E-state index contributed by atoms with van der Waals surface area (Å²) in [6.07, 6.45) is 5.74. The number of terminal acetylenes is 1. The number of hydrogen-bond donors (Lipinski definition) is 2. The summed E-state index contributed by atoms with van der Waals surface area (Å²) in [5.41, 5.74) is 2.36. The van der Waals surface area contributed by atoms with E-state index in [1.807, 2.05) is 13.0 Å². The van der Waals surface area contributed by atoms with Crippen molar-refractivity contribution in [2.45, 2.75) is 13.3 Å². The van der Waals surface area contributed by atoms with E-state index in [1.165, 1.54) is 0 Å². The standard InChI is InChI=1S/C10H10BIO2/c1-3-4-8-5-9(12)6-10(7(8)2)11(13)14/h1,5-6,13-14H,4H2,2H3. The summed E-state index contributed by atoms with van der Waals surface area (Å²) >= 11 is 2.13. The largest absolute Gasteiger partial charge is 0.488 e. The molecule has 1 rings (SSSR count). The molecule has 14 heavy (non-hydrogen) atoms. The lowest BCUT2D eigenvalue weighted by Gasteiger charge is -2.09. The third kappa shape index (κ3) is 2.50. The first kappa shape index (κ1) is 11.6. The number of hydrogen-bond acceptors (Lipinski definition) is 2. The highest BCUT2D eigenvalue weighted by Gasteiger charge is 2.16. The van der Waals surface area contributed by atoms with Gasteiger partial charge in [-0.15, -0.1) is 12.3 Å². The summed E-state index contributed by atoms with van der Waals surface area (Å²) < 4.78 is 0.960. The molecule has 0 saturated heterocycles. The molecule has 0 amide bonds. The molecule has 0 atom stereocenters.